The van der Waals surface area contributed by atoms with Crippen LogP contribution in [0.25, 0.3) is 0 Å². The molecule has 1 aliphatic heterocycles. The molecule has 26 heavy (non-hydrogen) atoms. The van der Waals surface area contributed by atoms with Gasteiger partial charge in [-0.25, -0.2) is 9.18 Å². The van der Waals surface area contributed by atoms with Crippen molar-refractivity contribution < 1.29 is 18.7 Å². The molecule has 1 fully saturated rings. The molecule has 144 valence electrons. The van der Waals surface area contributed by atoms with Gasteiger partial charge in [0.05, 0.1) is 12.3 Å². The molecule has 2 rings (SSSR count). The molecule has 2 amide bonds. The smallest absolute Gasteiger partial charge is 0.407 e. The van der Waals surface area contributed by atoms with Gasteiger partial charge in [-0.2, -0.15) is 0 Å². The molecular weight excluding hydrogens is 337 g/mol. The van der Waals surface area contributed by atoms with Gasteiger partial charge in [0, 0.05) is 31.7 Å². The number of amides is 2. The molecule has 7 heteroatoms. The van der Waals surface area contributed by atoms with E-state index >= 15 is 0 Å². The van der Waals surface area contributed by atoms with Crippen molar-refractivity contribution in [3.63, 3.8) is 0 Å². The van der Waals surface area contributed by atoms with Crippen LogP contribution in [0.1, 0.15) is 45.4 Å². The third-order valence-electron chi connectivity index (χ3n) is 4.33. The zero-order chi connectivity index (χ0) is 18.8. The number of ether oxygens (including phenoxy) is 1. The average molecular weight is 365 g/mol. The Morgan fingerprint density at radius 1 is 1.15 bits per heavy atom. The third-order valence-corrected chi connectivity index (χ3v) is 4.33. The molecule has 1 aromatic carbocycles. The molecule has 0 aliphatic carbocycles. The highest BCUT2D eigenvalue weighted by Gasteiger charge is 2.14. The third kappa shape index (κ3) is 6.54. The van der Waals surface area contributed by atoms with Gasteiger partial charge in [-0.1, -0.05) is 19.3 Å². The van der Waals surface area contributed by atoms with E-state index < -0.39 is 6.09 Å². The molecule has 1 aliphatic rings. The summed E-state index contributed by atoms with van der Waals surface area (Å²) in [5.41, 5.74) is 1.01. The van der Waals surface area contributed by atoms with Gasteiger partial charge in [0.2, 0.25) is 5.91 Å². The highest BCUT2D eigenvalue weighted by molar-refractivity contribution is 5.91. The first-order valence-corrected chi connectivity index (χ1v) is 9.35. The van der Waals surface area contributed by atoms with Crippen molar-refractivity contribution in [2.24, 2.45) is 0 Å². The number of carbonyl (C=O) groups is 2. The summed E-state index contributed by atoms with van der Waals surface area (Å²) >= 11 is 0. The number of benzene rings is 1. The van der Waals surface area contributed by atoms with Crippen LogP contribution in [0, 0.1) is 5.82 Å². The van der Waals surface area contributed by atoms with Gasteiger partial charge in [-0.05, 0) is 38.0 Å². The summed E-state index contributed by atoms with van der Waals surface area (Å²) in [6, 6.07) is 4.79. The van der Waals surface area contributed by atoms with Gasteiger partial charge in [-0.15, -0.1) is 0 Å². The molecule has 0 radical (unpaired) electrons. The fourth-order valence-electron chi connectivity index (χ4n) is 3.01. The molecule has 0 unspecified atom stereocenters. The lowest BCUT2D eigenvalue weighted by Gasteiger charge is -2.27. The number of alkyl carbamates (subject to hydrolysis) is 1. The van der Waals surface area contributed by atoms with Crippen molar-refractivity contribution in [2.45, 2.75) is 45.4 Å². The minimum absolute atomic E-state index is 0.0916. The van der Waals surface area contributed by atoms with E-state index in [1.54, 1.807) is 19.1 Å². The van der Waals surface area contributed by atoms with Crippen LogP contribution >= 0.6 is 0 Å². The summed E-state index contributed by atoms with van der Waals surface area (Å²) in [6.07, 6.45) is 5.32. The fourth-order valence-corrected chi connectivity index (χ4v) is 3.01. The molecule has 0 saturated carbocycles. The standard InChI is InChI=1S/C19H28FN3O3/c1-2-26-19(25)21-11-10-18(24)22-15-8-9-17(16(20)14-15)23-12-6-4-3-5-7-13-23/h8-9,14H,2-7,10-13H2,1H3,(H,21,25)(H,22,24). The molecule has 0 bridgehead atoms. The molecule has 1 heterocycles. The predicted molar refractivity (Wildman–Crippen MR) is 100.0 cm³/mol. The number of nitrogens with one attached hydrogen (secondary N) is 2. The highest BCUT2D eigenvalue weighted by Crippen LogP contribution is 2.25. The summed E-state index contributed by atoms with van der Waals surface area (Å²) in [7, 11) is 0. The second-order valence-electron chi connectivity index (χ2n) is 6.37. The van der Waals surface area contributed by atoms with Gasteiger partial charge in [-0.3, -0.25) is 4.79 Å². The molecule has 0 aromatic heterocycles. The Bertz CT molecular complexity index is 602. The Hall–Kier alpha value is -2.31. The number of hydrogen-bond donors (Lipinski definition) is 2. The second kappa shape index (κ2) is 10.6. The van der Waals surface area contributed by atoms with Gasteiger partial charge in [0.1, 0.15) is 5.82 Å². The van der Waals surface area contributed by atoms with Crippen molar-refractivity contribution in [3.05, 3.63) is 24.0 Å². The summed E-state index contributed by atoms with van der Waals surface area (Å²) < 4.78 is 19.2. The molecule has 0 atom stereocenters. The first-order chi connectivity index (χ1) is 12.6. The van der Waals surface area contributed by atoms with Crippen molar-refractivity contribution in [1.82, 2.24) is 5.32 Å². The maximum atomic E-state index is 14.5. The maximum Gasteiger partial charge on any atom is 0.407 e. The first kappa shape index (κ1) is 20.0. The van der Waals surface area contributed by atoms with Crippen molar-refractivity contribution in [1.29, 1.82) is 0 Å². The molecule has 2 N–H and O–H groups in total. The van der Waals surface area contributed by atoms with E-state index in [2.05, 4.69) is 15.5 Å². The predicted octanol–water partition coefficient (Wildman–Crippen LogP) is 3.67. The second-order valence-corrected chi connectivity index (χ2v) is 6.37. The van der Waals surface area contributed by atoms with Gasteiger partial charge < -0.3 is 20.3 Å². The molecular formula is C19H28FN3O3. The molecule has 6 nitrogen and oxygen atoms in total. The van der Waals surface area contributed by atoms with Crippen LogP contribution in [0.5, 0.6) is 0 Å². The van der Waals surface area contributed by atoms with E-state index in [-0.39, 0.29) is 31.3 Å². The number of nitrogens with zero attached hydrogens (tertiary/aromatic N) is 1. The Morgan fingerprint density at radius 3 is 2.50 bits per heavy atom. The quantitative estimate of drug-likeness (QED) is 0.807. The number of hydrogen-bond acceptors (Lipinski definition) is 4. The zero-order valence-corrected chi connectivity index (χ0v) is 15.4. The van der Waals surface area contributed by atoms with E-state index in [0.717, 1.165) is 25.9 Å². The van der Waals surface area contributed by atoms with Crippen LogP contribution in [0.4, 0.5) is 20.6 Å². The maximum absolute atomic E-state index is 14.5. The highest BCUT2D eigenvalue weighted by atomic mass is 19.1. The van der Waals surface area contributed by atoms with Gasteiger partial charge in [0.15, 0.2) is 0 Å². The molecule has 0 spiro atoms. The van der Waals surface area contributed by atoms with E-state index in [9.17, 15) is 14.0 Å². The minimum Gasteiger partial charge on any atom is -0.450 e. The number of rotatable bonds is 6. The van der Waals surface area contributed by atoms with Crippen LogP contribution in [-0.4, -0.2) is 38.2 Å². The molecule has 1 aromatic rings. The SMILES string of the molecule is CCOC(=O)NCCC(=O)Nc1ccc(N2CCCCCCC2)c(F)c1. The summed E-state index contributed by atoms with van der Waals surface area (Å²) in [4.78, 5) is 25.1. The van der Waals surface area contributed by atoms with E-state index in [4.69, 9.17) is 4.74 Å². The van der Waals surface area contributed by atoms with E-state index in [1.165, 1.54) is 25.3 Å². The summed E-state index contributed by atoms with van der Waals surface area (Å²) in [5.74, 6) is -0.617. The largest absolute Gasteiger partial charge is 0.450 e. The zero-order valence-electron chi connectivity index (χ0n) is 15.4. The van der Waals surface area contributed by atoms with E-state index in [1.807, 2.05) is 0 Å². The van der Waals surface area contributed by atoms with Crippen LogP contribution in [0.15, 0.2) is 18.2 Å². The number of anilines is 2. The number of halogens is 1. The van der Waals surface area contributed by atoms with Gasteiger partial charge >= 0.3 is 6.09 Å². The average Bonchev–Trinajstić information content (AvgIpc) is 2.56. The molecule has 1 saturated heterocycles. The van der Waals surface area contributed by atoms with Crippen molar-refractivity contribution in [2.75, 3.05) is 36.5 Å². The lowest BCUT2D eigenvalue weighted by atomic mass is 10.1. The van der Waals surface area contributed by atoms with Crippen LogP contribution < -0.4 is 15.5 Å². The van der Waals surface area contributed by atoms with Crippen molar-refractivity contribution in [3.8, 4) is 0 Å². The van der Waals surface area contributed by atoms with Crippen LogP contribution in [0.2, 0.25) is 0 Å². The Labute approximate surface area is 154 Å². The van der Waals surface area contributed by atoms with Crippen LogP contribution in [0.3, 0.4) is 0 Å². The first-order valence-electron chi connectivity index (χ1n) is 9.35. The summed E-state index contributed by atoms with van der Waals surface area (Å²) in [6.45, 7) is 3.88. The Balaban J connectivity index is 1.85. The monoisotopic (exact) mass is 365 g/mol. The summed E-state index contributed by atoms with van der Waals surface area (Å²) in [5, 5.41) is 5.12. The number of carbonyl (C=O) groups excluding carboxylic acids is 2. The normalized spacial score (nSPS) is 14.9. The van der Waals surface area contributed by atoms with E-state index in [0.29, 0.717) is 11.4 Å². The Morgan fingerprint density at radius 2 is 1.85 bits per heavy atom. The Kier molecular flexibility index (Phi) is 8.18. The topological polar surface area (TPSA) is 70.7 Å². The van der Waals surface area contributed by atoms with Crippen molar-refractivity contribution >= 4 is 23.4 Å². The van der Waals surface area contributed by atoms with Gasteiger partial charge in [0.25, 0.3) is 0 Å². The lowest BCUT2D eigenvalue weighted by Crippen LogP contribution is -2.28. The fraction of sp³-hybridized carbons (Fsp3) is 0.579. The minimum atomic E-state index is -0.552. The van der Waals surface area contributed by atoms with Crippen LogP contribution in [-0.2, 0) is 9.53 Å². The lowest BCUT2D eigenvalue weighted by molar-refractivity contribution is -0.116.